The van der Waals surface area contributed by atoms with Gasteiger partial charge in [0, 0.05) is 27.8 Å². The van der Waals surface area contributed by atoms with Gasteiger partial charge in [-0.2, -0.15) is 4.80 Å². The van der Waals surface area contributed by atoms with Gasteiger partial charge in [0.15, 0.2) is 0 Å². The molecule has 1 aromatic heterocycles. The molecule has 0 N–H and O–H groups in total. The summed E-state index contributed by atoms with van der Waals surface area (Å²) in [6.07, 6.45) is 0. The number of carbonyl (C=O) groups is 1. The standard InChI is InChI=1S/C17H14ClN5OS/c18-13-7-5-12(6-8-13)17-19-21-23(20-17)11-16(24)22-9-10-25-15-4-2-1-3-14(15)22/h1-8H,9-11H2. The molecule has 0 aliphatic carbocycles. The second kappa shape index (κ2) is 6.85. The number of anilines is 1. The summed E-state index contributed by atoms with van der Waals surface area (Å²) in [6.45, 7) is 0.735. The molecule has 4 rings (SSSR count). The summed E-state index contributed by atoms with van der Waals surface area (Å²) in [5, 5.41) is 13.0. The molecular weight excluding hydrogens is 358 g/mol. The van der Waals surface area contributed by atoms with Gasteiger partial charge in [0.25, 0.3) is 5.91 Å². The first-order valence-corrected chi connectivity index (χ1v) is 9.13. The van der Waals surface area contributed by atoms with E-state index >= 15 is 0 Å². The quantitative estimate of drug-likeness (QED) is 0.707. The number of benzene rings is 2. The minimum atomic E-state index is -0.0483. The van der Waals surface area contributed by atoms with Crippen molar-refractivity contribution in [2.24, 2.45) is 0 Å². The van der Waals surface area contributed by atoms with Crippen molar-refractivity contribution in [2.75, 3.05) is 17.2 Å². The Morgan fingerprint density at radius 2 is 1.96 bits per heavy atom. The molecule has 0 saturated carbocycles. The van der Waals surface area contributed by atoms with Crippen LogP contribution >= 0.6 is 23.4 Å². The Kier molecular flexibility index (Phi) is 4.42. The third-order valence-electron chi connectivity index (χ3n) is 3.86. The summed E-state index contributed by atoms with van der Waals surface area (Å²) in [5.41, 5.74) is 1.75. The van der Waals surface area contributed by atoms with Gasteiger partial charge in [-0.3, -0.25) is 4.79 Å². The van der Waals surface area contributed by atoms with Gasteiger partial charge >= 0.3 is 0 Å². The molecule has 1 amide bonds. The normalized spacial score (nSPS) is 13.6. The van der Waals surface area contributed by atoms with E-state index in [4.69, 9.17) is 11.6 Å². The van der Waals surface area contributed by atoms with Crippen molar-refractivity contribution in [1.82, 2.24) is 20.2 Å². The van der Waals surface area contributed by atoms with Gasteiger partial charge in [-0.05, 0) is 41.6 Å². The fraction of sp³-hybridized carbons (Fsp3) is 0.176. The lowest BCUT2D eigenvalue weighted by Crippen LogP contribution is -2.38. The van der Waals surface area contributed by atoms with E-state index in [0.717, 1.165) is 21.9 Å². The molecule has 25 heavy (non-hydrogen) atoms. The number of hydrogen-bond donors (Lipinski definition) is 0. The molecule has 8 heteroatoms. The van der Waals surface area contributed by atoms with Crippen LogP contribution in [0.4, 0.5) is 5.69 Å². The minimum Gasteiger partial charge on any atom is -0.309 e. The number of thioether (sulfide) groups is 1. The first-order chi connectivity index (χ1) is 12.2. The predicted molar refractivity (Wildman–Crippen MR) is 97.8 cm³/mol. The fourth-order valence-electron chi connectivity index (χ4n) is 2.66. The van der Waals surface area contributed by atoms with Crippen molar-refractivity contribution < 1.29 is 4.79 Å². The molecule has 2 heterocycles. The molecule has 0 saturated heterocycles. The van der Waals surface area contributed by atoms with Crippen LogP contribution in [0.15, 0.2) is 53.4 Å². The van der Waals surface area contributed by atoms with Gasteiger partial charge < -0.3 is 4.90 Å². The Balaban J connectivity index is 1.52. The lowest BCUT2D eigenvalue weighted by atomic mass is 10.2. The molecule has 126 valence electrons. The number of nitrogens with zero attached hydrogens (tertiary/aromatic N) is 5. The monoisotopic (exact) mass is 371 g/mol. The van der Waals surface area contributed by atoms with E-state index in [9.17, 15) is 4.79 Å². The van der Waals surface area contributed by atoms with Crippen LogP contribution in [0.5, 0.6) is 0 Å². The van der Waals surface area contributed by atoms with E-state index < -0.39 is 0 Å². The maximum absolute atomic E-state index is 12.7. The number of carbonyl (C=O) groups excluding carboxylic acids is 1. The number of amides is 1. The molecule has 0 fully saturated rings. The second-order valence-electron chi connectivity index (χ2n) is 5.51. The molecular formula is C17H14ClN5OS. The van der Waals surface area contributed by atoms with E-state index in [0.29, 0.717) is 17.4 Å². The van der Waals surface area contributed by atoms with E-state index in [1.165, 1.54) is 4.80 Å². The average molecular weight is 372 g/mol. The third kappa shape index (κ3) is 3.38. The van der Waals surface area contributed by atoms with Crippen LogP contribution in [-0.4, -0.2) is 38.4 Å². The zero-order valence-corrected chi connectivity index (χ0v) is 14.7. The summed E-state index contributed by atoms with van der Waals surface area (Å²) in [4.78, 5) is 16.9. The highest BCUT2D eigenvalue weighted by Gasteiger charge is 2.23. The van der Waals surface area contributed by atoms with Gasteiger partial charge in [-0.1, -0.05) is 23.7 Å². The number of para-hydroxylation sites is 1. The van der Waals surface area contributed by atoms with Crippen molar-refractivity contribution in [1.29, 1.82) is 0 Å². The van der Waals surface area contributed by atoms with Crippen LogP contribution in [0.3, 0.4) is 0 Å². The number of halogens is 1. The fourth-order valence-corrected chi connectivity index (χ4v) is 3.78. The summed E-state index contributed by atoms with van der Waals surface area (Å²) in [5.74, 6) is 1.30. The van der Waals surface area contributed by atoms with E-state index in [1.54, 1.807) is 28.8 Å². The number of tetrazole rings is 1. The largest absolute Gasteiger partial charge is 0.309 e. The van der Waals surface area contributed by atoms with E-state index in [1.807, 2.05) is 36.4 Å². The van der Waals surface area contributed by atoms with Crippen molar-refractivity contribution in [3.05, 3.63) is 53.6 Å². The van der Waals surface area contributed by atoms with Crippen molar-refractivity contribution >= 4 is 35.0 Å². The molecule has 0 unspecified atom stereocenters. The lowest BCUT2D eigenvalue weighted by molar-refractivity contribution is -0.119. The van der Waals surface area contributed by atoms with Crippen molar-refractivity contribution in [3.8, 4) is 11.4 Å². The number of rotatable bonds is 3. The van der Waals surface area contributed by atoms with Gasteiger partial charge in [-0.15, -0.1) is 22.0 Å². The molecule has 0 bridgehead atoms. The zero-order chi connectivity index (χ0) is 17.2. The number of fused-ring (bicyclic) bond motifs is 1. The van der Waals surface area contributed by atoms with Crippen LogP contribution in [-0.2, 0) is 11.3 Å². The van der Waals surface area contributed by atoms with Crippen LogP contribution < -0.4 is 4.90 Å². The summed E-state index contributed by atoms with van der Waals surface area (Å²) >= 11 is 7.65. The van der Waals surface area contributed by atoms with Crippen LogP contribution in [0, 0.1) is 0 Å². The number of hydrogen-bond acceptors (Lipinski definition) is 5. The molecule has 2 aromatic carbocycles. The van der Waals surface area contributed by atoms with Crippen LogP contribution in [0.25, 0.3) is 11.4 Å². The Bertz CT molecular complexity index is 911. The molecule has 1 aliphatic heterocycles. The molecule has 6 nitrogen and oxygen atoms in total. The maximum Gasteiger partial charge on any atom is 0.250 e. The summed E-state index contributed by atoms with van der Waals surface area (Å²) < 4.78 is 0. The SMILES string of the molecule is O=C(Cn1nnc(-c2ccc(Cl)cc2)n1)N1CCSc2ccccc21. The third-order valence-corrected chi connectivity index (χ3v) is 5.16. The lowest BCUT2D eigenvalue weighted by Gasteiger charge is -2.28. The zero-order valence-electron chi connectivity index (χ0n) is 13.2. The number of aromatic nitrogens is 4. The Morgan fingerprint density at radius 1 is 1.16 bits per heavy atom. The smallest absolute Gasteiger partial charge is 0.250 e. The molecule has 1 aliphatic rings. The summed E-state index contributed by atoms with van der Waals surface area (Å²) in [7, 11) is 0. The Hall–Kier alpha value is -2.38. The minimum absolute atomic E-state index is 0.0483. The van der Waals surface area contributed by atoms with Gasteiger partial charge in [0.05, 0.1) is 5.69 Å². The topological polar surface area (TPSA) is 63.9 Å². The van der Waals surface area contributed by atoms with Crippen LogP contribution in [0.1, 0.15) is 0 Å². The van der Waals surface area contributed by atoms with Gasteiger partial charge in [0.1, 0.15) is 6.54 Å². The van der Waals surface area contributed by atoms with Crippen molar-refractivity contribution in [2.45, 2.75) is 11.4 Å². The Morgan fingerprint density at radius 3 is 2.80 bits per heavy atom. The molecule has 0 radical (unpaired) electrons. The van der Waals surface area contributed by atoms with Crippen LogP contribution in [0.2, 0.25) is 5.02 Å². The second-order valence-corrected chi connectivity index (χ2v) is 7.09. The highest BCUT2D eigenvalue weighted by Crippen LogP contribution is 2.34. The average Bonchev–Trinajstić information content (AvgIpc) is 3.10. The molecule has 3 aromatic rings. The predicted octanol–water partition coefficient (Wildman–Crippen LogP) is 3.13. The van der Waals surface area contributed by atoms with Gasteiger partial charge in [0.2, 0.25) is 5.82 Å². The molecule has 0 atom stereocenters. The maximum atomic E-state index is 12.7. The highest BCUT2D eigenvalue weighted by atomic mass is 35.5. The molecule has 0 spiro atoms. The first kappa shape index (κ1) is 16.1. The van der Waals surface area contributed by atoms with E-state index in [-0.39, 0.29) is 12.5 Å². The van der Waals surface area contributed by atoms with Gasteiger partial charge in [-0.25, -0.2) is 0 Å². The first-order valence-electron chi connectivity index (χ1n) is 7.77. The van der Waals surface area contributed by atoms with E-state index in [2.05, 4.69) is 15.4 Å². The highest BCUT2D eigenvalue weighted by molar-refractivity contribution is 7.99. The Labute approximate surface area is 153 Å². The summed E-state index contributed by atoms with van der Waals surface area (Å²) in [6, 6.07) is 15.1. The van der Waals surface area contributed by atoms with Crippen molar-refractivity contribution in [3.63, 3.8) is 0 Å².